The highest BCUT2D eigenvalue weighted by molar-refractivity contribution is 5.95. The van der Waals surface area contributed by atoms with Crippen molar-refractivity contribution in [2.75, 3.05) is 14.2 Å². The summed E-state index contributed by atoms with van der Waals surface area (Å²) >= 11 is 0. The van der Waals surface area contributed by atoms with Crippen LogP contribution in [0.25, 0.3) is 22.3 Å². The molecule has 0 saturated carbocycles. The topological polar surface area (TPSA) is 75.0 Å². The molecule has 1 heterocycles. The molecule has 0 unspecified atom stereocenters. The van der Waals surface area contributed by atoms with Crippen LogP contribution < -0.4 is 19.6 Å². The van der Waals surface area contributed by atoms with E-state index < -0.39 is 34.9 Å². The molecule has 1 aromatic heterocycles. The SMILES string of the molecule is COc1cc2oc(-c3ccc(C(F)(F)F)cc3)cc(=O)c2c(OC)c1OC(=O)c1ccc(C(F)(F)F)cc1. The van der Waals surface area contributed by atoms with E-state index in [2.05, 4.69) is 0 Å². The van der Waals surface area contributed by atoms with E-state index >= 15 is 0 Å². The number of esters is 1. The van der Waals surface area contributed by atoms with E-state index in [1.165, 1.54) is 20.3 Å². The van der Waals surface area contributed by atoms with Gasteiger partial charge in [-0.1, -0.05) is 12.1 Å². The minimum Gasteiger partial charge on any atom is -0.493 e. The van der Waals surface area contributed by atoms with Crippen LogP contribution in [-0.2, 0) is 12.4 Å². The molecule has 4 rings (SSSR count). The Morgan fingerprint density at radius 3 is 1.82 bits per heavy atom. The fourth-order valence-electron chi connectivity index (χ4n) is 3.60. The highest BCUT2D eigenvalue weighted by atomic mass is 19.4. The maximum atomic E-state index is 13.0. The summed E-state index contributed by atoms with van der Waals surface area (Å²) < 4.78 is 98.7. The van der Waals surface area contributed by atoms with Gasteiger partial charge in [0.2, 0.25) is 5.75 Å². The van der Waals surface area contributed by atoms with Crippen LogP contribution in [0.1, 0.15) is 21.5 Å². The normalized spacial score (nSPS) is 11.9. The molecule has 4 aromatic rings. The summed E-state index contributed by atoms with van der Waals surface area (Å²) in [6.07, 6.45) is -9.14. The maximum absolute atomic E-state index is 13.0. The Morgan fingerprint density at radius 2 is 1.32 bits per heavy atom. The molecule has 0 spiro atoms. The monoisotopic (exact) mass is 538 g/mol. The molecule has 0 aliphatic heterocycles. The molecule has 0 saturated heterocycles. The lowest BCUT2D eigenvalue weighted by atomic mass is 10.1. The van der Waals surface area contributed by atoms with Crippen molar-refractivity contribution in [3.05, 3.63) is 87.6 Å². The van der Waals surface area contributed by atoms with Gasteiger partial charge < -0.3 is 18.6 Å². The van der Waals surface area contributed by atoms with Gasteiger partial charge in [0.25, 0.3) is 0 Å². The Bertz CT molecular complexity index is 1550. The zero-order valence-corrected chi connectivity index (χ0v) is 19.5. The minimum absolute atomic E-state index is 0.0465. The number of halogens is 6. The second kappa shape index (κ2) is 9.77. The van der Waals surface area contributed by atoms with Crippen molar-refractivity contribution in [3.63, 3.8) is 0 Å². The molecule has 0 atom stereocenters. The van der Waals surface area contributed by atoms with Crippen molar-refractivity contribution < 1.29 is 49.8 Å². The Morgan fingerprint density at radius 1 is 0.763 bits per heavy atom. The largest absolute Gasteiger partial charge is 0.493 e. The minimum atomic E-state index is -4.60. The molecule has 0 aliphatic carbocycles. The zero-order valence-electron chi connectivity index (χ0n) is 19.5. The van der Waals surface area contributed by atoms with E-state index in [9.17, 15) is 35.9 Å². The summed E-state index contributed by atoms with van der Waals surface area (Å²) in [6, 6.07) is 9.47. The van der Waals surface area contributed by atoms with Gasteiger partial charge in [0.1, 0.15) is 16.7 Å². The molecule has 0 fully saturated rings. The fraction of sp³-hybridized carbons (Fsp3) is 0.154. The van der Waals surface area contributed by atoms with E-state index in [1.54, 1.807) is 0 Å². The predicted molar refractivity (Wildman–Crippen MR) is 122 cm³/mol. The van der Waals surface area contributed by atoms with Gasteiger partial charge in [-0.05, 0) is 36.4 Å². The van der Waals surface area contributed by atoms with Crippen molar-refractivity contribution in [1.82, 2.24) is 0 Å². The lowest BCUT2D eigenvalue weighted by Crippen LogP contribution is -2.13. The molecular formula is C26H16F6O6. The van der Waals surface area contributed by atoms with Gasteiger partial charge in [0, 0.05) is 17.7 Å². The highest BCUT2D eigenvalue weighted by Crippen LogP contribution is 2.43. The van der Waals surface area contributed by atoms with Crippen LogP contribution in [0.5, 0.6) is 17.2 Å². The van der Waals surface area contributed by atoms with E-state index in [0.29, 0.717) is 12.1 Å². The zero-order chi connectivity index (χ0) is 27.8. The summed E-state index contributed by atoms with van der Waals surface area (Å²) in [5.41, 5.74) is -2.63. The third-order valence-electron chi connectivity index (χ3n) is 5.46. The van der Waals surface area contributed by atoms with Crippen molar-refractivity contribution in [2.45, 2.75) is 12.4 Å². The summed E-state index contributed by atoms with van der Waals surface area (Å²) in [7, 11) is 2.39. The second-order valence-corrected chi connectivity index (χ2v) is 7.83. The molecular weight excluding hydrogens is 522 g/mol. The molecule has 0 aliphatic rings. The number of benzene rings is 3. The molecule has 6 nitrogen and oxygen atoms in total. The second-order valence-electron chi connectivity index (χ2n) is 7.83. The van der Waals surface area contributed by atoms with Crippen LogP contribution >= 0.6 is 0 Å². The van der Waals surface area contributed by atoms with Gasteiger partial charge >= 0.3 is 18.3 Å². The number of alkyl halides is 6. The van der Waals surface area contributed by atoms with E-state index in [4.69, 9.17) is 18.6 Å². The van der Waals surface area contributed by atoms with Crippen LogP contribution in [0.4, 0.5) is 26.3 Å². The third-order valence-corrected chi connectivity index (χ3v) is 5.46. The highest BCUT2D eigenvalue weighted by Gasteiger charge is 2.31. The summed E-state index contributed by atoms with van der Waals surface area (Å²) in [5, 5.41) is -0.167. The molecule has 3 aromatic carbocycles. The van der Waals surface area contributed by atoms with Crippen LogP contribution in [0.3, 0.4) is 0 Å². The number of fused-ring (bicyclic) bond motifs is 1. The van der Waals surface area contributed by atoms with Crippen LogP contribution in [0.2, 0.25) is 0 Å². The van der Waals surface area contributed by atoms with Crippen molar-refractivity contribution >= 4 is 16.9 Å². The van der Waals surface area contributed by atoms with Crippen LogP contribution in [-0.4, -0.2) is 20.2 Å². The van der Waals surface area contributed by atoms with Crippen molar-refractivity contribution in [2.24, 2.45) is 0 Å². The first kappa shape index (κ1) is 26.6. The Labute approximate surface area is 210 Å². The number of carbonyl (C=O) groups excluding carboxylic acids is 1. The molecule has 0 amide bonds. The average Bonchev–Trinajstić information content (AvgIpc) is 2.87. The van der Waals surface area contributed by atoms with Crippen molar-refractivity contribution in [1.29, 1.82) is 0 Å². The van der Waals surface area contributed by atoms with Crippen LogP contribution in [0.15, 0.2) is 69.9 Å². The van der Waals surface area contributed by atoms with E-state index in [1.807, 2.05) is 0 Å². The Kier molecular flexibility index (Phi) is 6.83. The van der Waals surface area contributed by atoms with Gasteiger partial charge in [0.15, 0.2) is 16.9 Å². The molecule has 0 N–H and O–H groups in total. The molecule has 198 valence electrons. The van der Waals surface area contributed by atoms with Crippen molar-refractivity contribution in [3.8, 4) is 28.6 Å². The maximum Gasteiger partial charge on any atom is 0.416 e. The standard InChI is InChI=1S/C26H16F6O6/c1-35-20-12-19-21(17(33)11-18(37-19)13-3-7-15(8-4-13)25(27,28)29)23(36-2)22(20)38-24(34)14-5-9-16(10-6-14)26(30,31)32/h3-12H,1-2H3. The lowest BCUT2D eigenvalue weighted by molar-refractivity contribution is -0.138. The molecule has 12 heteroatoms. The molecule has 0 radical (unpaired) electrons. The van der Waals surface area contributed by atoms with Gasteiger partial charge in [0.05, 0.1) is 30.9 Å². The summed E-state index contributed by atoms with van der Waals surface area (Å²) in [5.74, 6) is -1.81. The van der Waals surface area contributed by atoms with Gasteiger partial charge in [-0.3, -0.25) is 4.79 Å². The van der Waals surface area contributed by atoms with E-state index in [-0.39, 0.29) is 45.1 Å². The number of ether oxygens (including phenoxy) is 3. The van der Waals surface area contributed by atoms with Gasteiger partial charge in [-0.25, -0.2) is 4.79 Å². The number of rotatable bonds is 5. The molecule has 0 bridgehead atoms. The molecule has 38 heavy (non-hydrogen) atoms. The number of hydrogen-bond acceptors (Lipinski definition) is 6. The third kappa shape index (κ3) is 5.15. The smallest absolute Gasteiger partial charge is 0.416 e. The first-order chi connectivity index (χ1) is 17.8. The predicted octanol–water partition coefficient (Wildman–Crippen LogP) is 6.73. The van der Waals surface area contributed by atoms with Gasteiger partial charge in [-0.15, -0.1) is 0 Å². The first-order valence-corrected chi connectivity index (χ1v) is 10.6. The number of carbonyl (C=O) groups is 1. The van der Waals surface area contributed by atoms with E-state index in [0.717, 1.165) is 42.5 Å². The van der Waals surface area contributed by atoms with Gasteiger partial charge in [-0.2, -0.15) is 26.3 Å². The Balaban J connectivity index is 1.76. The summed E-state index contributed by atoms with van der Waals surface area (Å²) in [4.78, 5) is 25.7. The number of methoxy groups -OCH3 is 2. The summed E-state index contributed by atoms with van der Waals surface area (Å²) in [6.45, 7) is 0. The first-order valence-electron chi connectivity index (χ1n) is 10.6. The lowest BCUT2D eigenvalue weighted by Gasteiger charge is -2.16. The quantitative estimate of drug-likeness (QED) is 0.159. The fourth-order valence-corrected chi connectivity index (χ4v) is 3.60. The average molecular weight is 538 g/mol. The number of hydrogen-bond donors (Lipinski definition) is 0. The Hall–Kier alpha value is -4.48. The van der Waals surface area contributed by atoms with Crippen LogP contribution in [0, 0.1) is 0 Å².